The third kappa shape index (κ3) is 0.645. The van der Waals surface area contributed by atoms with Crippen molar-refractivity contribution >= 4 is 5.97 Å². The Bertz CT molecular complexity index is 157. The van der Waals surface area contributed by atoms with Gasteiger partial charge in [-0.25, -0.2) is 0 Å². The summed E-state index contributed by atoms with van der Waals surface area (Å²) in [5, 5.41) is 8.57. The minimum absolute atomic E-state index is 0.144. The predicted molar refractivity (Wildman–Crippen MR) is 31.2 cm³/mol. The van der Waals surface area contributed by atoms with E-state index in [0.717, 1.165) is 19.4 Å². The summed E-state index contributed by atoms with van der Waals surface area (Å²) >= 11 is 0. The highest BCUT2D eigenvalue weighted by Crippen LogP contribution is 2.35. The van der Waals surface area contributed by atoms with Crippen LogP contribution in [0, 0.1) is 0 Å². The first-order chi connectivity index (χ1) is 4.29. The molecule has 3 nitrogen and oxygen atoms in total. The summed E-state index contributed by atoms with van der Waals surface area (Å²) in [5.41, 5.74) is 0. The molecule has 9 heavy (non-hydrogen) atoms. The molecule has 2 heterocycles. The van der Waals surface area contributed by atoms with Crippen LogP contribution in [0.3, 0.4) is 0 Å². The summed E-state index contributed by atoms with van der Waals surface area (Å²) in [6.45, 7) is 1.02. The Kier molecular flexibility index (Phi) is 0.858. The fourth-order valence-electron chi connectivity index (χ4n) is 1.62. The second kappa shape index (κ2) is 1.48. The van der Waals surface area contributed by atoms with Crippen molar-refractivity contribution in [2.45, 2.75) is 24.9 Å². The minimum atomic E-state index is -0.644. The van der Waals surface area contributed by atoms with Gasteiger partial charge in [0.2, 0.25) is 0 Å². The van der Waals surface area contributed by atoms with Crippen LogP contribution < -0.4 is 0 Å². The van der Waals surface area contributed by atoms with Crippen molar-refractivity contribution in [3.63, 3.8) is 0 Å². The highest BCUT2D eigenvalue weighted by atomic mass is 16.4. The fourth-order valence-corrected chi connectivity index (χ4v) is 1.62. The van der Waals surface area contributed by atoms with Gasteiger partial charge in [-0.3, -0.25) is 9.69 Å². The zero-order valence-corrected chi connectivity index (χ0v) is 5.08. The number of nitrogens with zero attached hydrogens (tertiary/aromatic N) is 1. The molecule has 2 fully saturated rings. The Labute approximate surface area is 53.3 Å². The second-order valence-electron chi connectivity index (χ2n) is 2.78. The third-order valence-corrected chi connectivity index (χ3v) is 2.22. The molecule has 0 aromatic carbocycles. The largest absolute Gasteiger partial charge is 0.480 e. The van der Waals surface area contributed by atoms with Crippen molar-refractivity contribution in [1.82, 2.24) is 4.90 Å². The molecule has 3 unspecified atom stereocenters. The fraction of sp³-hybridized carbons (Fsp3) is 0.833. The Morgan fingerprint density at radius 2 is 2.33 bits per heavy atom. The van der Waals surface area contributed by atoms with Crippen molar-refractivity contribution in [3.8, 4) is 0 Å². The summed E-state index contributed by atoms with van der Waals surface area (Å²) in [7, 11) is 0. The van der Waals surface area contributed by atoms with Crippen molar-refractivity contribution in [2.24, 2.45) is 0 Å². The van der Waals surface area contributed by atoms with E-state index in [-0.39, 0.29) is 6.04 Å². The van der Waals surface area contributed by atoms with Crippen molar-refractivity contribution in [2.75, 3.05) is 6.54 Å². The van der Waals surface area contributed by atoms with E-state index in [2.05, 4.69) is 0 Å². The van der Waals surface area contributed by atoms with Crippen molar-refractivity contribution < 1.29 is 9.90 Å². The van der Waals surface area contributed by atoms with E-state index < -0.39 is 5.97 Å². The molecule has 3 atom stereocenters. The molecular weight excluding hydrogens is 118 g/mol. The normalized spacial score (nSPS) is 46.4. The number of hydrogen-bond acceptors (Lipinski definition) is 2. The Balaban J connectivity index is 2.06. The van der Waals surface area contributed by atoms with E-state index in [1.165, 1.54) is 0 Å². The number of aliphatic carboxylic acids is 1. The summed E-state index contributed by atoms with van der Waals surface area (Å²) in [5.74, 6) is -0.644. The molecular formula is C6H9NO2. The van der Waals surface area contributed by atoms with Gasteiger partial charge in [0.05, 0.1) is 0 Å². The highest BCUT2D eigenvalue weighted by molar-refractivity contribution is 5.74. The molecule has 0 saturated carbocycles. The molecule has 50 valence electrons. The van der Waals surface area contributed by atoms with Gasteiger partial charge in [0.1, 0.15) is 6.04 Å². The molecule has 0 bridgehead atoms. The molecule has 1 N–H and O–H groups in total. The van der Waals surface area contributed by atoms with Crippen LogP contribution in [0.4, 0.5) is 0 Å². The Morgan fingerprint density at radius 3 is 2.56 bits per heavy atom. The van der Waals surface area contributed by atoms with Crippen LogP contribution in [0.15, 0.2) is 0 Å². The summed E-state index contributed by atoms with van der Waals surface area (Å²) in [4.78, 5) is 12.4. The van der Waals surface area contributed by atoms with Crippen molar-refractivity contribution in [3.05, 3.63) is 0 Å². The lowest BCUT2D eigenvalue weighted by Crippen LogP contribution is -2.25. The van der Waals surface area contributed by atoms with Gasteiger partial charge in [-0.15, -0.1) is 0 Å². The minimum Gasteiger partial charge on any atom is -0.480 e. The van der Waals surface area contributed by atoms with Crippen LogP contribution in [0.2, 0.25) is 0 Å². The van der Waals surface area contributed by atoms with Gasteiger partial charge in [-0.2, -0.15) is 0 Å². The van der Waals surface area contributed by atoms with E-state index in [4.69, 9.17) is 5.11 Å². The summed E-state index contributed by atoms with van der Waals surface area (Å²) < 4.78 is 0. The van der Waals surface area contributed by atoms with Crippen LogP contribution in [0.25, 0.3) is 0 Å². The summed E-state index contributed by atoms with van der Waals surface area (Å²) in [6, 6.07) is 0.487. The molecule has 0 aromatic rings. The number of piperidine rings is 1. The van der Waals surface area contributed by atoms with Crippen LogP contribution in [-0.4, -0.2) is 34.6 Å². The number of fused-ring (bicyclic) bond motifs is 1. The zero-order valence-electron chi connectivity index (χ0n) is 5.08. The van der Waals surface area contributed by atoms with E-state index in [0.29, 0.717) is 6.04 Å². The number of rotatable bonds is 1. The van der Waals surface area contributed by atoms with E-state index in [9.17, 15) is 4.79 Å². The maximum absolute atomic E-state index is 10.4. The molecule has 0 aromatic heterocycles. The maximum Gasteiger partial charge on any atom is 0.320 e. The van der Waals surface area contributed by atoms with Crippen LogP contribution in [0.1, 0.15) is 12.8 Å². The molecule has 0 radical (unpaired) electrons. The molecule has 0 amide bonds. The molecule has 2 aliphatic rings. The number of carboxylic acids is 1. The first kappa shape index (κ1) is 5.23. The lowest BCUT2D eigenvalue weighted by atomic mass is 10.2. The van der Waals surface area contributed by atoms with Crippen LogP contribution >= 0.6 is 0 Å². The lowest BCUT2D eigenvalue weighted by molar-refractivity contribution is -0.140. The van der Waals surface area contributed by atoms with Crippen LogP contribution in [-0.2, 0) is 4.79 Å². The van der Waals surface area contributed by atoms with E-state index in [1.807, 2.05) is 4.90 Å². The topological polar surface area (TPSA) is 40.3 Å². The third-order valence-electron chi connectivity index (χ3n) is 2.22. The summed E-state index contributed by atoms with van der Waals surface area (Å²) in [6.07, 6.45) is 1.96. The zero-order chi connectivity index (χ0) is 6.43. The Hall–Kier alpha value is -0.570. The standard InChI is InChI=1S/C6H9NO2/c8-6(9)5-2-1-4-3-7(4)5/h4-5H,1-3H2,(H,8,9). The Morgan fingerprint density at radius 1 is 1.56 bits per heavy atom. The van der Waals surface area contributed by atoms with E-state index in [1.54, 1.807) is 0 Å². The lowest BCUT2D eigenvalue weighted by Gasteiger charge is -2.04. The quantitative estimate of drug-likeness (QED) is 0.501. The highest BCUT2D eigenvalue weighted by Gasteiger charge is 2.48. The van der Waals surface area contributed by atoms with Crippen molar-refractivity contribution in [1.29, 1.82) is 0 Å². The molecule has 0 spiro atoms. The van der Waals surface area contributed by atoms with Gasteiger partial charge in [-0.1, -0.05) is 0 Å². The molecule has 0 aliphatic carbocycles. The van der Waals surface area contributed by atoms with Gasteiger partial charge in [0.25, 0.3) is 0 Å². The number of hydrogen-bond donors (Lipinski definition) is 1. The van der Waals surface area contributed by atoms with Gasteiger partial charge in [0, 0.05) is 12.6 Å². The average molecular weight is 127 g/mol. The van der Waals surface area contributed by atoms with Gasteiger partial charge in [0.15, 0.2) is 0 Å². The first-order valence-electron chi connectivity index (χ1n) is 3.27. The molecule has 2 aliphatic heterocycles. The average Bonchev–Trinajstić information content (AvgIpc) is 2.43. The SMILES string of the molecule is O=C(O)C1CCC2CN21. The predicted octanol–water partition coefficient (Wildman–Crippen LogP) is -0.0824. The molecule has 2 rings (SSSR count). The first-order valence-corrected chi connectivity index (χ1v) is 3.27. The van der Waals surface area contributed by atoms with Crippen LogP contribution in [0.5, 0.6) is 0 Å². The van der Waals surface area contributed by atoms with Gasteiger partial charge < -0.3 is 5.11 Å². The second-order valence-corrected chi connectivity index (χ2v) is 2.78. The molecule has 3 heteroatoms. The molecule has 2 saturated heterocycles. The number of carboxylic acid groups (broad SMARTS) is 1. The number of carbonyl (C=O) groups is 1. The van der Waals surface area contributed by atoms with E-state index >= 15 is 0 Å². The van der Waals surface area contributed by atoms with Gasteiger partial charge >= 0.3 is 5.97 Å². The monoisotopic (exact) mass is 127 g/mol. The van der Waals surface area contributed by atoms with Gasteiger partial charge in [-0.05, 0) is 12.8 Å². The maximum atomic E-state index is 10.4. The smallest absolute Gasteiger partial charge is 0.320 e.